The average molecular weight is 306 g/mol. The third kappa shape index (κ3) is 2.17. The Morgan fingerprint density at radius 3 is 3.04 bits per heavy atom. The molecule has 0 N–H and O–H groups in total. The summed E-state index contributed by atoms with van der Waals surface area (Å²) in [6, 6.07) is 15.3. The summed E-state index contributed by atoms with van der Waals surface area (Å²) in [4.78, 5) is 4.53. The molecule has 4 nitrogen and oxygen atoms in total. The zero-order valence-electron chi connectivity index (χ0n) is 12.9. The number of hydrogen-bond acceptors (Lipinski definition) is 3. The van der Waals surface area contributed by atoms with Crippen LogP contribution in [0.25, 0.3) is 11.0 Å². The van der Waals surface area contributed by atoms with E-state index < -0.39 is 0 Å². The highest BCUT2D eigenvalue weighted by molar-refractivity contribution is 5.76. The standard InChI is InChI=1S/C19H18N2O2/c1-2-7-18-17(6-1)20-19-21(18)11-16(23-19)12-22-15-9-8-13-4-3-5-14(13)10-15/h1-2,6-10,16H,3-5,11-12H2/t16-/m0/s1. The number of imidazole rings is 1. The van der Waals surface area contributed by atoms with Crippen LogP contribution in [0, 0.1) is 0 Å². The zero-order chi connectivity index (χ0) is 15.2. The number of ether oxygens (including phenoxy) is 2. The lowest BCUT2D eigenvalue weighted by molar-refractivity contribution is 0.144. The highest BCUT2D eigenvalue weighted by Gasteiger charge is 2.26. The van der Waals surface area contributed by atoms with Crippen molar-refractivity contribution in [3.63, 3.8) is 0 Å². The van der Waals surface area contributed by atoms with E-state index in [2.05, 4.69) is 33.8 Å². The Labute approximate surface area is 134 Å². The maximum absolute atomic E-state index is 5.96. The molecule has 0 bridgehead atoms. The van der Waals surface area contributed by atoms with Gasteiger partial charge in [0.2, 0.25) is 0 Å². The third-order valence-electron chi connectivity index (χ3n) is 4.78. The Balaban J connectivity index is 1.29. The number of aromatic nitrogens is 2. The van der Waals surface area contributed by atoms with Crippen LogP contribution in [0.5, 0.6) is 11.8 Å². The molecular formula is C19H18N2O2. The Morgan fingerprint density at radius 1 is 1.13 bits per heavy atom. The molecule has 0 saturated carbocycles. The molecule has 116 valence electrons. The fraction of sp³-hybridized carbons (Fsp3) is 0.316. The number of hydrogen-bond donors (Lipinski definition) is 0. The summed E-state index contributed by atoms with van der Waals surface area (Å²) in [5.74, 6) is 0.948. The maximum atomic E-state index is 5.96. The predicted molar refractivity (Wildman–Crippen MR) is 88.1 cm³/mol. The van der Waals surface area contributed by atoms with Gasteiger partial charge in [-0.2, -0.15) is 4.98 Å². The Hall–Kier alpha value is -2.49. The van der Waals surface area contributed by atoms with E-state index in [1.807, 2.05) is 18.2 Å². The number of fused-ring (bicyclic) bond motifs is 4. The van der Waals surface area contributed by atoms with Gasteiger partial charge in [-0.15, -0.1) is 0 Å². The monoisotopic (exact) mass is 306 g/mol. The molecular weight excluding hydrogens is 288 g/mol. The van der Waals surface area contributed by atoms with Gasteiger partial charge in [-0.1, -0.05) is 18.2 Å². The minimum atomic E-state index is 0.0235. The van der Waals surface area contributed by atoms with E-state index in [0.717, 1.165) is 23.3 Å². The number of benzene rings is 2. The van der Waals surface area contributed by atoms with Crippen LogP contribution in [0.4, 0.5) is 0 Å². The summed E-state index contributed by atoms with van der Waals surface area (Å²) in [6.45, 7) is 1.34. The van der Waals surface area contributed by atoms with Gasteiger partial charge in [0.25, 0.3) is 6.01 Å². The maximum Gasteiger partial charge on any atom is 0.297 e. The Bertz CT molecular complexity index is 884. The van der Waals surface area contributed by atoms with Crippen molar-refractivity contribution in [3.05, 3.63) is 53.6 Å². The van der Waals surface area contributed by atoms with Crippen LogP contribution in [-0.2, 0) is 19.4 Å². The summed E-state index contributed by atoms with van der Waals surface area (Å²) >= 11 is 0. The molecule has 3 aromatic rings. The van der Waals surface area contributed by atoms with Crippen LogP contribution in [0.3, 0.4) is 0 Å². The van der Waals surface area contributed by atoms with Crippen molar-refractivity contribution in [1.29, 1.82) is 0 Å². The lowest BCUT2D eigenvalue weighted by atomic mass is 10.1. The first-order valence-corrected chi connectivity index (χ1v) is 8.23. The minimum absolute atomic E-state index is 0.0235. The molecule has 1 aliphatic carbocycles. The molecule has 0 saturated heterocycles. The van der Waals surface area contributed by atoms with E-state index >= 15 is 0 Å². The summed E-state index contributed by atoms with van der Waals surface area (Å²) in [5, 5.41) is 0. The molecule has 2 aromatic carbocycles. The third-order valence-corrected chi connectivity index (χ3v) is 4.78. The van der Waals surface area contributed by atoms with E-state index in [9.17, 15) is 0 Å². The first kappa shape index (κ1) is 13.0. The number of rotatable bonds is 3. The van der Waals surface area contributed by atoms with Gasteiger partial charge < -0.3 is 9.47 Å². The first-order valence-electron chi connectivity index (χ1n) is 8.23. The van der Waals surface area contributed by atoms with Gasteiger partial charge in [-0.3, -0.25) is 4.57 Å². The lowest BCUT2D eigenvalue weighted by Gasteiger charge is -2.12. The number of nitrogens with zero attached hydrogens (tertiary/aromatic N) is 2. The number of para-hydroxylation sites is 2. The van der Waals surface area contributed by atoms with Gasteiger partial charge in [-0.25, -0.2) is 0 Å². The second kappa shape index (κ2) is 5.01. The quantitative estimate of drug-likeness (QED) is 0.744. The molecule has 1 aliphatic heterocycles. The van der Waals surface area contributed by atoms with Crippen LogP contribution in [-0.4, -0.2) is 22.3 Å². The highest BCUT2D eigenvalue weighted by Crippen LogP contribution is 2.29. The summed E-state index contributed by atoms with van der Waals surface area (Å²) in [7, 11) is 0. The van der Waals surface area contributed by atoms with Crippen LogP contribution >= 0.6 is 0 Å². The topological polar surface area (TPSA) is 36.3 Å². The molecule has 5 rings (SSSR count). The fourth-order valence-corrected chi connectivity index (χ4v) is 3.62. The van der Waals surface area contributed by atoms with Crippen molar-refractivity contribution in [1.82, 2.24) is 9.55 Å². The van der Waals surface area contributed by atoms with Crippen molar-refractivity contribution >= 4 is 11.0 Å². The van der Waals surface area contributed by atoms with Gasteiger partial charge in [0.1, 0.15) is 12.4 Å². The molecule has 0 spiro atoms. The highest BCUT2D eigenvalue weighted by atomic mass is 16.6. The average Bonchev–Trinajstić information content (AvgIpc) is 3.26. The lowest BCUT2D eigenvalue weighted by Crippen LogP contribution is -2.23. The molecule has 1 atom stereocenters. The molecule has 1 aromatic heterocycles. The van der Waals surface area contributed by atoms with Crippen LogP contribution in [0.1, 0.15) is 17.5 Å². The van der Waals surface area contributed by atoms with Gasteiger partial charge in [-0.05, 0) is 54.7 Å². The molecule has 0 fully saturated rings. The summed E-state index contributed by atoms with van der Waals surface area (Å²) in [6.07, 6.45) is 3.66. The minimum Gasteiger partial charge on any atom is -0.490 e. The molecule has 2 heterocycles. The normalized spacial score (nSPS) is 18.7. The van der Waals surface area contributed by atoms with Gasteiger partial charge >= 0.3 is 0 Å². The zero-order valence-corrected chi connectivity index (χ0v) is 12.9. The molecule has 0 amide bonds. The van der Waals surface area contributed by atoms with E-state index in [1.54, 1.807) is 0 Å². The molecule has 23 heavy (non-hydrogen) atoms. The Kier molecular flexibility index (Phi) is 2.83. The smallest absolute Gasteiger partial charge is 0.297 e. The SMILES string of the molecule is c1ccc2c(c1)nc1n2C[C@@H](COc2ccc3c(c2)CCC3)O1. The molecule has 4 heteroatoms. The second-order valence-corrected chi connectivity index (χ2v) is 6.33. The second-order valence-electron chi connectivity index (χ2n) is 6.33. The summed E-state index contributed by atoms with van der Waals surface area (Å²) in [5.41, 5.74) is 5.03. The van der Waals surface area contributed by atoms with E-state index in [1.165, 1.54) is 30.4 Å². The van der Waals surface area contributed by atoms with Crippen LogP contribution in [0.2, 0.25) is 0 Å². The largest absolute Gasteiger partial charge is 0.490 e. The van der Waals surface area contributed by atoms with Crippen LogP contribution < -0.4 is 9.47 Å². The van der Waals surface area contributed by atoms with E-state index in [4.69, 9.17) is 9.47 Å². The van der Waals surface area contributed by atoms with Gasteiger partial charge in [0.15, 0.2) is 6.10 Å². The van der Waals surface area contributed by atoms with Crippen LogP contribution in [0.15, 0.2) is 42.5 Å². The van der Waals surface area contributed by atoms with Crippen molar-refractivity contribution in [3.8, 4) is 11.8 Å². The molecule has 2 aliphatic rings. The fourth-order valence-electron chi connectivity index (χ4n) is 3.62. The summed E-state index contributed by atoms with van der Waals surface area (Å²) < 4.78 is 14.0. The van der Waals surface area contributed by atoms with Crippen molar-refractivity contribution in [2.24, 2.45) is 0 Å². The van der Waals surface area contributed by atoms with Crippen molar-refractivity contribution in [2.45, 2.75) is 31.9 Å². The Morgan fingerprint density at radius 2 is 2.04 bits per heavy atom. The van der Waals surface area contributed by atoms with E-state index in [0.29, 0.717) is 12.6 Å². The van der Waals surface area contributed by atoms with E-state index in [-0.39, 0.29) is 6.10 Å². The predicted octanol–water partition coefficient (Wildman–Crippen LogP) is 3.37. The van der Waals surface area contributed by atoms with Crippen molar-refractivity contribution in [2.75, 3.05) is 6.61 Å². The molecule has 0 radical (unpaired) electrons. The molecule has 0 unspecified atom stereocenters. The van der Waals surface area contributed by atoms with Gasteiger partial charge in [0, 0.05) is 0 Å². The van der Waals surface area contributed by atoms with Gasteiger partial charge in [0.05, 0.1) is 17.6 Å². The first-order chi connectivity index (χ1) is 11.4. The van der Waals surface area contributed by atoms with Crippen molar-refractivity contribution < 1.29 is 9.47 Å². The number of aryl methyl sites for hydroxylation is 2.